The Kier molecular flexibility index (Phi) is 6.02. The number of pyridine rings is 1. The molecule has 2 aromatic carbocycles. The van der Waals surface area contributed by atoms with Crippen molar-refractivity contribution in [2.45, 2.75) is 6.18 Å². The van der Waals surface area contributed by atoms with Crippen LogP contribution >= 0.6 is 0 Å². The van der Waals surface area contributed by atoms with Crippen LogP contribution in [0.25, 0.3) is 11.1 Å². The van der Waals surface area contributed by atoms with Crippen LogP contribution < -0.4 is 0 Å². The molecule has 0 bridgehead atoms. The van der Waals surface area contributed by atoms with E-state index in [2.05, 4.69) is 21.6 Å². The van der Waals surface area contributed by atoms with Crippen LogP contribution in [0.5, 0.6) is 5.75 Å². The van der Waals surface area contributed by atoms with Gasteiger partial charge in [0, 0.05) is 35.2 Å². The van der Waals surface area contributed by atoms with Gasteiger partial charge in [-0.25, -0.2) is 14.0 Å². The van der Waals surface area contributed by atoms with Crippen LogP contribution in [0.15, 0.2) is 60.9 Å². The molecule has 1 heterocycles. The van der Waals surface area contributed by atoms with E-state index in [9.17, 15) is 32.3 Å². The molecule has 0 fully saturated rings. The summed E-state index contributed by atoms with van der Waals surface area (Å²) in [6.45, 7) is 0. The molecule has 0 unspecified atom stereocenters. The molecule has 0 amide bonds. The lowest BCUT2D eigenvalue weighted by atomic mass is 9.94. The minimum atomic E-state index is -5.38. The fourth-order valence-electron chi connectivity index (χ4n) is 2.63. The summed E-state index contributed by atoms with van der Waals surface area (Å²) in [6.07, 6.45) is -2.40. The van der Waals surface area contributed by atoms with Crippen LogP contribution in [-0.4, -0.2) is 28.2 Å². The molecule has 0 aliphatic heterocycles. The van der Waals surface area contributed by atoms with Crippen molar-refractivity contribution in [1.82, 2.24) is 4.98 Å². The van der Waals surface area contributed by atoms with Crippen molar-refractivity contribution in [3.05, 3.63) is 83.4 Å². The van der Waals surface area contributed by atoms with Gasteiger partial charge in [-0.1, -0.05) is 17.9 Å². The maximum Gasteiger partial charge on any atom is 0.491 e. The second-order valence-corrected chi connectivity index (χ2v) is 6.09. The number of halogens is 4. The SMILES string of the molecule is O=C(OC(=O)C(F)(F)F)c1cccc(C#Cc2ccncc2)c1-c1cc(O)cc(F)c1. The molecule has 0 spiro atoms. The molecule has 0 radical (unpaired) electrons. The molecule has 3 rings (SSSR count). The molecule has 0 atom stereocenters. The lowest BCUT2D eigenvalue weighted by molar-refractivity contribution is -0.193. The first-order valence-corrected chi connectivity index (χ1v) is 8.53. The van der Waals surface area contributed by atoms with E-state index in [0.29, 0.717) is 5.56 Å². The summed E-state index contributed by atoms with van der Waals surface area (Å²) < 4.78 is 55.3. The highest BCUT2D eigenvalue weighted by Crippen LogP contribution is 2.32. The van der Waals surface area contributed by atoms with E-state index >= 15 is 0 Å². The zero-order valence-corrected chi connectivity index (χ0v) is 15.4. The van der Waals surface area contributed by atoms with E-state index in [-0.39, 0.29) is 16.7 Å². The number of phenolic OH excluding ortho intramolecular Hbond substituents is 1. The molecule has 1 N–H and O–H groups in total. The molecular formula is C22H11F4NO4. The number of esters is 2. The van der Waals surface area contributed by atoms with Crippen molar-refractivity contribution < 1.29 is 37.0 Å². The Morgan fingerprint density at radius 2 is 1.71 bits per heavy atom. The molecule has 0 saturated heterocycles. The summed E-state index contributed by atoms with van der Waals surface area (Å²) in [5.41, 5.74) is 0.0329. The van der Waals surface area contributed by atoms with Crippen molar-refractivity contribution in [2.75, 3.05) is 0 Å². The van der Waals surface area contributed by atoms with Crippen LogP contribution in [0.1, 0.15) is 21.5 Å². The van der Waals surface area contributed by atoms with E-state index in [1.807, 2.05) is 0 Å². The summed E-state index contributed by atoms with van der Waals surface area (Å²) in [7, 11) is 0. The molecule has 3 aromatic rings. The number of aromatic nitrogens is 1. The van der Waals surface area contributed by atoms with Gasteiger partial charge >= 0.3 is 18.1 Å². The topological polar surface area (TPSA) is 76.5 Å². The molecule has 31 heavy (non-hydrogen) atoms. The minimum Gasteiger partial charge on any atom is -0.508 e. The Hall–Kier alpha value is -4.19. The van der Waals surface area contributed by atoms with E-state index in [1.165, 1.54) is 24.5 Å². The maximum atomic E-state index is 13.9. The molecule has 1 aromatic heterocycles. The highest BCUT2D eigenvalue weighted by molar-refractivity contribution is 6.04. The van der Waals surface area contributed by atoms with Crippen molar-refractivity contribution in [1.29, 1.82) is 0 Å². The van der Waals surface area contributed by atoms with Gasteiger partial charge in [-0.15, -0.1) is 0 Å². The Morgan fingerprint density at radius 1 is 1.00 bits per heavy atom. The monoisotopic (exact) mass is 429 g/mol. The highest BCUT2D eigenvalue weighted by Gasteiger charge is 2.42. The summed E-state index contributed by atoms with van der Waals surface area (Å²) in [5.74, 6) is -0.115. The number of carbonyl (C=O) groups excluding carboxylic acids is 2. The molecule has 156 valence electrons. The average molecular weight is 429 g/mol. The molecule has 5 nitrogen and oxygen atoms in total. The third-order valence-electron chi connectivity index (χ3n) is 3.89. The molecule has 0 saturated carbocycles. The van der Waals surface area contributed by atoms with E-state index in [0.717, 1.165) is 24.3 Å². The Morgan fingerprint density at radius 3 is 2.35 bits per heavy atom. The van der Waals surface area contributed by atoms with Gasteiger partial charge in [0.25, 0.3) is 0 Å². The number of alkyl halides is 3. The predicted octanol–water partition coefficient (Wildman–Crippen LogP) is 4.24. The third-order valence-corrected chi connectivity index (χ3v) is 3.89. The first kappa shape index (κ1) is 21.5. The standard InChI is InChI=1S/C22H11F4NO4/c23-16-10-15(11-17(28)12-16)19-14(5-4-13-6-8-27-9-7-13)2-1-3-18(19)20(29)31-21(30)22(24,25)26/h1-3,6-12,28H. The van der Waals surface area contributed by atoms with Crippen molar-refractivity contribution in [3.8, 4) is 28.7 Å². The number of hydrogen-bond donors (Lipinski definition) is 1. The number of rotatable bonds is 2. The fourth-order valence-corrected chi connectivity index (χ4v) is 2.63. The lowest BCUT2D eigenvalue weighted by Gasteiger charge is -2.12. The molecule has 9 heteroatoms. The van der Waals surface area contributed by atoms with Crippen molar-refractivity contribution in [2.24, 2.45) is 0 Å². The second kappa shape index (κ2) is 8.67. The van der Waals surface area contributed by atoms with Crippen LogP contribution in [0.4, 0.5) is 17.6 Å². The number of nitrogens with zero attached hydrogens (tertiary/aromatic N) is 1. The number of aromatic hydroxyl groups is 1. The Labute approximate surface area is 172 Å². The van der Waals surface area contributed by atoms with E-state index < -0.39 is 35.2 Å². The van der Waals surface area contributed by atoms with E-state index in [4.69, 9.17) is 0 Å². The average Bonchev–Trinajstić information content (AvgIpc) is 2.71. The van der Waals surface area contributed by atoms with Gasteiger partial charge in [0.15, 0.2) is 0 Å². The zero-order chi connectivity index (χ0) is 22.6. The first-order valence-electron chi connectivity index (χ1n) is 8.53. The van der Waals surface area contributed by atoms with Crippen molar-refractivity contribution >= 4 is 11.9 Å². The smallest absolute Gasteiger partial charge is 0.491 e. The summed E-state index contributed by atoms with van der Waals surface area (Å²) in [5, 5.41) is 9.73. The van der Waals surface area contributed by atoms with Gasteiger partial charge in [0.1, 0.15) is 11.6 Å². The fraction of sp³-hybridized carbons (Fsp3) is 0.0455. The summed E-state index contributed by atoms with van der Waals surface area (Å²) in [6, 6.07) is 9.90. The van der Waals surface area contributed by atoms with Gasteiger partial charge in [-0.2, -0.15) is 13.2 Å². The molecular weight excluding hydrogens is 418 g/mol. The van der Waals surface area contributed by atoms with Gasteiger partial charge in [-0.05, 0) is 42.0 Å². The maximum absolute atomic E-state index is 13.9. The number of carbonyl (C=O) groups is 2. The van der Waals surface area contributed by atoms with Crippen LogP contribution in [-0.2, 0) is 9.53 Å². The quantitative estimate of drug-likeness (QED) is 0.286. The second-order valence-electron chi connectivity index (χ2n) is 6.09. The number of phenols is 1. The minimum absolute atomic E-state index is 0.0523. The van der Waals surface area contributed by atoms with Crippen LogP contribution in [0.2, 0.25) is 0 Å². The third kappa shape index (κ3) is 5.25. The van der Waals surface area contributed by atoms with Gasteiger partial charge in [0.2, 0.25) is 0 Å². The van der Waals surface area contributed by atoms with Crippen LogP contribution in [0.3, 0.4) is 0 Å². The molecule has 0 aliphatic carbocycles. The van der Waals surface area contributed by atoms with Gasteiger partial charge < -0.3 is 9.84 Å². The predicted molar refractivity (Wildman–Crippen MR) is 100 cm³/mol. The Balaban J connectivity index is 2.16. The largest absolute Gasteiger partial charge is 0.508 e. The zero-order valence-electron chi connectivity index (χ0n) is 15.4. The van der Waals surface area contributed by atoms with Crippen molar-refractivity contribution in [3.63, 3.8) is 0 Å². The van der Waals surface area contributed by atoms with Gasteiger partial charge in [0.05, 0.1) is 5.56 Å². The lowest BCUT2D eigenvalue weighted by Crippen LogP contribution is -2.28. The van der Waals surface area contributed by atoms with Crippen LogP contribution in [0, 0.1) is 17.7 Å². The number of hydrogen-bond acceptors (Lipinski definition) is 5. The first-order chi connectivity index (χ1) is 14.6. The van der Waals surface area contributed by atoms with Gasteiger partial charge in [-0.3, -0.25) is 4.98 Å². The summed E-state index contributed by atoms with van der Waals surface area (Å²) >= 11 is 0. The number of benzene rings is 2. The number of ether oxygens (including phenoxy) is 1. The summed E-state index contributed by atoms with van der Waals surface area (Å²) in [4.78, 5) is 27.3. The van der Waals surface area contributed by atoms with E-state index in [1.54, 1.807) is 12.1 Å². The normalized spacial score (nSPS) is 10.7. The molecule has 0 aliphatic rings. The highest BCUT2D eigenvalue weighted by atomic mass is 19.4. The Bertz CT molecular complexity index is 1190.